The highest BCUT2D eigenvalue weighted by Crippen LogP contribution is 2.26. The molecule has 5 aromatic rings. The Balaban J connectivity index is 1.61. The number of fused-ring (bicyclic) bond motifs is 1. The van der Waals surface area contributed by atoms with E-state index in [0.717, 1.165) is 45.0 Å². The summed E-state index contributed by atoms with van der Waals surface area (Å²) in [6.07, 6.45) is 0. The van der Waals surface area contributed by atoms with E-state index in [-0.39, 0.29) is 5.56 Å². The van der Waals surface area contributed by atoms with Gasteiger partial charge in [0, 0.05) is 11.5 Å². The van der Waals surface area contributed by atoms with Gasteiger partial charge in [-0.1, -0.05) is 48.0 Å². The highest BCUT2D eigenvalue weighted by atomic mass is 16.5. The third-order valence-electron chi connectivity index (χ3n) is 5.79. The molecule has 2 heterocycles. The van der Waals surface area contributed by atoms with E-state index in [0.29, 0.717) is 6.54 Å². The van der Waals surface area contributed by atoms with Crippen LogP contribution in [0.15, 0.2) is 89.7 Å². The van der Waals surface area contributed by atoms with Crippen LogP contribution in [-0.4, -0.2) is 14.3 Å². The molecule has 0 saturated carbocycles. The molecule has 164 valence electrons. The molecule has 5 heteroatoms. The third kappa shape index (κ3) is 4.05. The first-order chi connectivity index (χ1) is 16.0. The van der Waals surface area contributed by atoms with E-state index in [1.54, 1.807) is 10.6 Å². The van der Waals surface area contributed by atoms with Gasteiger partial charge in [0.05, 0.1) is 17.9 Å². The van der Waals surface area contributed by atoms with Gasteiger partial charge < -0.3 is 4.74 Å². The van der Waals surface area contributed by atoms with Crippen LogP contribution in [0.25, 0.3) is 16.7 Å². The average molecular weight is 436 g/mol. The molecular weight excluding hydrogens is 410 g/mol. The normalized spacial score (nSPS) is 11.1. The van der Waals surface area contributed by atoms with Crippen molar-refractivity contribution in [2.45, 2.75) is 27.3 Å². The molecule has 3 aromatic carbocycles. The van der Waals surface area contributed by atoms with Crippen LogP contribution >= 0.6 is 0 Å². The number of nitrogens with zero attached hydrogens (tertiary/aromatic N) is 3. The van der Waals surface area contributed by atoms with Crippen LogP contribution < -0.4 is 10.3 Å². The summed E-state index contributed by atoms with van der Waals surface area (Å²) < 4.78 is 9.67. The Morgan fingerprint density at radius 2 is 1.55 bits per heavy atom. The van der Waals surface area contributed by atoms with Crippen molar-refractivity contribution >= 4 is 11.0 Å². The Labute approximate surface area is 192 Å². The minimum absolute atomic E-state index is 0.0531. The van der Waals surface area contributed by atoms with Crippen molar-refractivity contribution in [2.75, 3.05) is 0 Å². The zero-order valence-corrected chi connectivity index (χ0v) is 18.9. The summed E-state index contributed by atoms with van der Waals surface area (Å²) in [6.45, 7) is 6.43. The number of hydrogen-bond acceptors (Lipinski definition) is 3. The second-order valence-corrected chi connectivity index (χ2v) is 8.35. The predicted octanol–water partition coefficient (Wildman–Crippen LogP) is 5.95. The summed E-state index contributed by atoms with van der Waals surface area (Å²) in [4.78, 5) is 13.2. The van der Waals surface area contributed by atoms with Crippen LogP contribution in [0.5, 0.6) is 11.5 Å². The molecule has 5 nitrogen and oxygen atoms in total. The zero-order valence-electron chi connectivity index (χ0n) is 18.9. The molecule has 0 atom stereocenters. The molecule has 0 radical (unpaired) electrons. The molecule has 5 rings (SSSR count). The van der Waals surface area contributed by atoms with E-state index in [4.69, 9.17) is 9.84 Å². The van der Waals surface area contributed by atoms with Crippen molar-refractivity contribution < 1.29 is 4.74 Å². The first-order valence-corrected chi connectivity index (χ1v) is 11.0. The molecule has 0 saturated heterocycles. The molecule has 0 aliphatic heterocycles. The summed E-state index contributed by atoms with van der Waals surface area (Å²) in [6, 6.07) is 27.4. The smallest absolute Gasteiger partial charge is 0.252 e. The monoisotopic (exact) mass is 435 g/mol. The Kier molecular flexibility index (Phi) is 5.31. The molecule has 0 bridgehead atoms. The number of ether oxygens (including phenoxy) is 1. The molecule has 0 aliphatic rings. The molecular formula is C28H25N3O2. The fourth-order valence-corrected chi connectivity index (χ4v) is 4.20. The number of para-hydroxylation sites is 1. The van der Waals surface area contributed by atoms with Crippen LogP contribution in [0.4, 0.5) is 0 Å². The van der Waals surface area contributed by atoms with E-state index >= 15 is 0 Å². The Bertz CT molecular complexity index is 1500. The SMILES string of the molecule is Cc1ccc(-n2nc(C)c3c(C)cc(=O)n(Cc4cccc(Oc5ccccc5)c4)c32)cc1. The van der Waals surface area contributed by atoms with Crippen LogP contribution in [0, 0.1) is 20.8 Å². The van der Waals surface area contributed by atoms with E-state index in [9.17, 15) is 4.79 Å². The van der Waals surface area contributed by atoms with Crippen molar-refractivity contribution in [3.05, 3.63) is 118 Å². The van der Waals surface area contributed by atoms with E-state index < -0.39 is 0 Å². The topological polar surface area (TPSA) is 49.0 Å². The van der Waals surface area contributed by atoms with Gasteiger partial charge in [0.25, 0.3) is 5.56 Å². The average Bonchev–Trinajstić information content (AvgIpc) is 3.15. The molecule has 0 fully saturated rings. The molecule has 0 aliphatic carbocycles. The van der Waals surface area contributed by atoms with Crippen molar-refractivity contribution in [1.82, 2.24) is 14.3 Å². The lowest BCUT2D eigenvalue weighted by Gasteiger charge is -2.13. The van der Waals surface area contributed by atoms with Gasteiger partial charge in [0.15, 0.2) is 0 Å². The maximum Gasteiger partial charge on any atom is 0.252 e. The summed E-state index contributed by atoms with van der Waals surface area (Å²) in [5, 5.41) is 5.81. The molecule has 33 heavy (non-hydrogen) atoms. The first-order valence-electron chi connectivity index (χ1n) is 11.0. The highest BCUT2D eigenvalue weighted by molar-refractivity contribution is 5.83. The lowest BCUT2D eigenvalue weighted by Crippen LogP contribution is -2.22. The zero-order chi connectivity index (χ0) is 22.9. The Hall–Kier alpha value is -4.12. The lowest BCUT2D eigenvalue weighted by molar-refractivity contribution is 0.481. The lowest BCUT2D eigenvalue weighted by atomic mass is 10.1. The quantitative estimate of drug-likeness (QED) is 0.343. The van der Waals surface area contributed by atoms with Crippen LogP contribution in [0.2, 0.25) is 0 Å². The van der Waals surface area contributed by atoms with Gasteiger partial charge in [-0.3, -0.25) is 9.36 Å². The minimum Gasteiger partial charge on any atom is -0.457 e. The van der Waals surface area contributed by atoms with Gasteiger partial charge in [-0.25, -0.2) is 4.68 Å². The Morgan fingerprint density at radius 3 is 2.30 bits per heavy atom. The minimum atomic E-state index is -0.0531. The van der Waals surface area contributed by atoms with Crippen LogP contribution in [0.3, 0.4) is 0 Å². The van der Waals surface area contributed by atoms with Gasteiger partial charge in [-0.2, -0.15) is 5.10 Å². The number of aromatic nitrogens is 3. The largest absolute Gasteiger partial charge is 0.457 e. The number of pyridine rings is 1. The van der Waals surface area contributed by atoms with Gasteiger partial charge in [-0.15, -0.1) is 0 Å². The van der Waals surface area contributed by atoms with Gasteiger partial charge in [0.2, 0.25) is 0 Å². The van der Waals surface area contributed by atoms with Crippen molar-refractivity contribution in [1.29, 1.82) is 0 Å². The number of rotatable bonds is 5. The Morgan fingerprint density at radius 1 is 0.818 bits per heavy atom. The number of aryl methyl sites for hydroxylation is 3. The van der Waals surface area contributed by atoms with E-state index in [2.05, 4.69) is 19.1 Å². The van der Waals surface area contributed by atoms with Crippen LogP contribution in [0.1, 0.15) is 22.4 Å². The maximum absolute atomic E-state index is 13.2. The fourth-order valence-electron chi connectivity index (χ4n) is 4.20. The summed E-state index contributed by atoms with van der Waals surface area (Å²) in [5.74, 6) is 1.51. The van der Waals surface area contributed by atoms with E-state index in [1.165, 1.54) is 5.56 Å². The molecule has 0 amide bonds. The molecule has 0 N–H and O–H groups in total. The summed E-state index contributed by atoms with van der Waals surface area (Å²) in [7, 11) is 0. The maximum atomic E-state index is 13.2. The second-order valence-electron chi connectivity index (χ2n) is 8.35. The van der Waals surface area contributed by atoms with Crippen LogP contribution in [-0.2, 0) is 6.54 Å². The van der Waals surface area contributed by atoms with Gasteiger partial charge >= 0.3 is 0 Å². The van der Waals surface area contributed by atoms with Crippen molar-refractivity contribution in [3.8, 4) is 17.2 Å². The van der Waals surface area contributed by atoms with Gasteiger partial charge in [0.1, 0.15) is 17.1 Å². The number of hydrogen-bond donors (Lipinski definition) is 0. The summed E-state index contributed by atoms with van der Waals surface area (Å²) >= 11 is 0. The standard InChI is InChI=1S/C28H25N3O2/c1-19-12-14-23(15-13-19)31-28-27(21(3)29-31)20(2)16-26(32)30(28)18-22-8-7-11-25(17-22)33-24-9-5-4-6-10-24/h4-17H,18H2,1-3H3. The molecule has 2 aromatic heterocycles. The van der Waals surface area contributed by atoms with Crippen molar-refractivity contribution in [3.63, 3.8) is 0 Å². The van der Waals surface area contributed by atoms with Crippen molar-refractivity contribution in [2.24, 2.45) is 0 Å². The predicted molar refractivity (Wildman–Crippen MR) is 132 cm³/mol. The van der Waals surface area contributed by atoms with E-state index in [1.807, 2.05) is 85.3 Å². The highest BCUT2D eigenvalue weighted by Gasteiger charge is 2.17. The van der Waals surface area contributed by atoms with Gasteiger partial charge in [-0.05, 0) is 68.3 Å². The number of benzene rings is 3. The first kappa shape index (κ1) is 20.8. The second kappa shape index (κ2) is 8.43. The third-order valence-corrected chi connectivity index (χ3v) is 5.79. The summed E-state index contributed by atoms with van der Waals surface area (Å²) in [5.41, 5.74) is 5.67. The molecule has 0 spiro atoms. The fraction of sp³-hybridized carbons (Fsp3) is 0.143. The molecule has 0 unspecified atom stereocenters.